The first kappa shape index (κ1) is 21.5. The van der Waals surface area contributed by atoms with Crippen LogP contribution in [0.25, 0.3) is 10.2 Å². The monoisotopic (exact) mass is 431 g/mol. The van der Waals surface area contributed by atoms with Gasteiger partial charge < -0.3 is 20.2 Å². The Morgan fingerprint density at radius 3 is 2.67 bits per heavy atom. The van der Waals surface area contributed by atoms with Crippen LogP contribution in [0.15, 0.2) is 6.33 Å². The average molecular weight is 432 g/mol. The highest BCUT2D eigenvalue weighted by Crippen LogP contribution is 2.47. The summed E-state index contributed by atoms with van der Waals surface area (Å²) in [5, 5.41) is 14.0. The first-order chi connectivity index (χ1) is 14.5. The number of carbonyl (C=O) groups excluding carboxylic acids is 1. The fourth-order valence-electron chi connectivity index (χ4n) is 4.95. The molecule has 0 bridgehead atoms. The Kier molecular flexibility index (Phi) is 6.55. The van der Waals surface area contributed by atoms with E-state index in [1.165, 1.54) is 23.3 Å². The Morgan fingerprint density at radius 1 is 1.20 bits per heavy atom. The topological polar surface area (TPSA) is 81.6 Å². The number of aliphatic hydroxyl groups excluding tert-OH is 1. The summed E-state index contributed by atoms with van der Waals surface area (Å²) in [6, 6.07) is 1.11. The number of nitrogens with zero attached hydrogens (tertiary/aromatic N) is 4. The van der Waals surface area contributed by atoms with Crippen LogP contribution in [0, 0.1) is 0 Å². The van der Waals surface area contributed by atoms with E-state index in [1.54, 1.807) is 29.6 Å². The molecule has 0 spiro atoms. The van der Waals surface area contributed by atoms with Crippen molar-refractivity contribution in [3.63, 3.8) is 0 Å². The van der Waals surface area contributed by atoms with Crippen LogP contribution in [0.2, 0.25) is 0 Å². The molecule has 164 valence electrons. The van der Waals surface area contributed by atoms with Gasteiger partial charge in [-0.05, 0) is 64.1 Å². The van der Waals surface area contributed by atoms with E-state index in [1.807, 2.05) is 0 Å². The van der Waals surface area contributed by atoms with Crippen molar-refractivity contribution in [2.75, 3.05) is 39.6 Å². The molecule has 0 radical (unpaired) electrons. The van der Waals surface area contributed by atoms with Crippen LogP contribution in [-0.4, -0.2) is 77.2 Å². The summed E-state index contributed by atoms with van der Waals surface area (Å²) in [6.45, 7) is 0.381. The molecule has 1 fully saturated rings. The number of hydrogen-bond donors (Lipinski definition) is 2. The van der Waals surface area contributed by atoms with Gasteiger partial charge in [0.25, 0.3) is 0 Å². The molecule has 0 aromatic carbocycles. The van der Waals surface area contributed by atoms with Crippen molar-refractivity contribution in [2.24, 2.45) is 0 Å². The number of thiophene rings is 1. The van der Waals surface area contributed by atoms with Gasteiger partial charge in [-0.3, -0.25) is 4.79 Å². The number of anilines is 1. The summed E-state index contributed by atoms with van der Waals surface area (Å²) in [6.07, 6.45) is 8.85. The summed E-state index contributed by atoms with van der Waals surface area (Å²) >= 11 is 1.75. The van der Waals surface area contributed by atoms with Gasteiger partial charge >= 0.3 is 0 Å². The van der Waals surface area contributed by atoms with Crippen LogP contribution in [0.4, 0.5) is 5.82 Å². The van der Waals surface area contributed by atoms with Crippen LogP contribution in [0.1, 0.15) is 54.9 Å². The maximum absolute atomic E-state index is 12.6. The molecule has 7 nitrogen and oxygen atoms in total. The van der Waals surface area contributed by atoms with E-state index in [4.69, 9.17) is 5.11 Å². The summed E-state index contributed by atoms with van der Waals surface area (Å²) in [4.78, 5) is 28.1. The van der Waals surface area contributed by atoms with Crippen molar-refractivity contribution in [1.29, 1.82) is 0 Å². The van der Waals surface area contributed by atoms with E-state index in [-0.39, 0.29) is 18.4 Å². The molecule has 1 amide bonds. The minimum Gasteiger partial charge on any atom is -0.395 e. The lowest BCUT2D eigenvalue weighted by molar-refractivity contribution is -0.130. The maximum atomic E-state index is 12.6. The third-order valence-corrected chi connectivity index (χ3v) is 7.95. The number of nitrogens with one attached hydrogen (secondary N) is 1. The Balaban J connectivity index is 1.54. The predicted octanol–water partition coefficient (Wildman–Crippen LogP) is 2.85. The number of hydrogen-bond acceptors (Lipinski definition) is 7. The van der Waals surface area contributed by atoms with Gasteiger partial charge in [-0.1, -0.05) is 0 Å². The molecule has 0 aliphatic heterocycles. The zero-order chi connectivity index (χ0) is 21.3. The van der Waals surface area contributed by atoms with E-state index in [0.717, 1.165) is 41.7 Å². The first-order valence-electron chi connectivity index (χ1n) is 11.0. The van der Waals surface area contributed by atoms with Crippen LogP contribution in [-0.2, 0) is 11.2 Å². The summed E-state index contributed by atoms with van der Waals surface area (Å²) in [5.74, 6) is 1.24. The van der Waals surface area contributed by atoms with Gasteiger partial charge in [0.1, 0.15) is 17.0 Å². The molecule has 1 atom stereocenters. The van der Waals surface area contributed by atoms with Crippen molar-refractivity contribution < 1.29 is 9.90 Å². The van der Waals surface area contributed by atoms with Crippen LogP contribution in [0.3, 0.4) is 0 Å². The molecule has 2 aromatic rings. The lowest BCUT2D eigenvalue weighted by Crippen LogP contribution is -2.36. The van der Waals surface area contributed by atoms with E-state index < -0.39 is 0 Å². The van der Waals surface area contributed by atoms with Crippen molar-refractivity contribution in [3.8, 4) is 0 Å². The second kappa shape index (κ2) is 9.16. The molecule has 2 aromatic heterocycles. The Labute approximate surface area is 182 Å². The van der Waals surface area contributed by atoms with E-state index in [0.29, 0.717) is 25.0 Å². The van der Waals surface area contributed by atoms with E-state index in [9.17, 15) is 4.79 Å². The molecule has 1 unspecified atom stereocenters. The van der Waals surface area contributed by atoms with Crippen molar-refractivity contribution in [1.82, 2.24) is 19.8 Å². The lowest BCUT2D eigenvalue weighted by atomic mass is 9.90. The molecule has 2 aliphatic rings. The smallest absolute Gasteiger partial charge is 0.223 e. The fraction of sp³-hybridized carbons (Fsp3) is 0.682. The van der Waals surface area contributed by atoms with Gasteiger partial charge in [0.2, 0.25) is 5.91 Å². The number of amides is 1. The summed E-state index contributed by atoms with van der Waals surface area (Å²) < 4.78 is 0. The van der Waals surface area contributed by atoms with Gasteiger partial charge in [-0.2, -0.15) is 0 Å². The maximum Gasteiger partial charge on any atom is 0.223 e. The number of aromatic nitrogens is 2. The largest absolute Gasteiger partial charge is 0.395 e. The van der Waals surface area contributed by atoms with Crippen LogP contribution in [0.5, 0.6) is 0 Å². The quantitative estimate of drug-likeness (QED) is 0.702. The number of rotatable bonds is 7. The highest BCUT2D eigenvalue weighted by molar-refractivity contribution is 7.19. The molecular formula is C22H33N5O2S. The van der Waals surface area contributed by atoms with Crippen molar-refractivity contribution in [2.45, 2.75) is 62.9 Å². The second-order valence-electron chi connectivity index (χ2n) is 8.93. The molecule has 0 saturated heterocycles. The lowest BCUT2D eigenvalue weighted by Gasteiger charge is -2.33. The standard InChI is InChI=1S/C22H33N5O2S/c1-26(2)16-7-5-15(6-8-16)25-21-20-19-14(12-18(29)27(3)10-11-28)4-9-17(19)30-22(20)24-13-23-21/h13-16,28H,4-12H2,1-3H3,(H,23,24,25)/t14?,15-,16-. The minimum atomic E-state index is -0.00247. The zero-order valence-electron chi connectivity index (χ0n) is 18.2. The molecule has 30 heavy (non-hydrogen) atoms. The van der Waals surface area contributed by atoms with E-state index in [2.05, 4.69) is 34.3 Å². The Morgan fingerprint density at radius 2 is 1.97 bits per heavy atom. The van der Waals surface area contributed by atoms with Gasteiger partial charge in [-0.25, -0.2) is 9.97 Å². The number of fused-ring (bicyclic) bond motifs is 3. The highest BCUT2D eigenvalue weighted by atomic mass is 32.1. The van der Waals surface area contributed by atoms with Gasteiger partial charge in [-0.15, -0.1) is 11.3 Å². The van der Waals surface area contributed by atoms with Crippen LogP contribution >= 0.6 is 11.3 Å². The predicted molar refractivity (Wildman–Crippen MR) is 121 cm³/mol. The number of likely N-dealkylation sites (N-methyl/N-ethyl adjacent to an activating group) is 1. The Bertz CT molecular complexity index is 891. The number of carbonyl (C=O) groups is 1. The molecule has 1 saturated carbocycles. The fourth-order valence-corrected chi connectivity index (χ4v) is 6.19. The molecule has 2 aliphatic carbocycles. The van der Waals surface area contributed by atoms with Gasteiger partial charge in [0.15, 0.2) is 0 Å². The van der Waals surface area contributed by atoms with Gasteiger partial charge in [0.05, 0.1) is 12.0 Å². The molecule has 2 N–H and O–H groups in total. The molecule has 8 heteroatoms. The minimum absolute atomic E-state index is 0.00247. The van der Waals surface area contributed by atoms with E-state index >= 15 is 0 Å². The molecule has 4 rings (SSSR count). The Hall–Kier alpha value is -1.77. The SMILES string of the molecule is CN(CCO)C(=O)CC1CCc2sc3ncnc(N[C@H]4CC[C@H](N(C)C)CC4)c3c21. The number of aliphatic hydroxyl groups is 1. The third-order valence-electron chi connectivity index (χ3n) is 6.78. The first-order valence-corrected chi connectivity index (χ1v) is 11.8. The van der Waals surface area contributed by atoms with Crippen molar-refractivity contribution >= 4 is 33.3 Å². The van der Waals surface area contributed by atoms with Crippen LogP contribution < -0.4 is 5.32 Å². The second-order valence-corrected chi connectivity index (χ2v) is 10.0. The summed E-state index contributed by atoms with van der Waals surface area (Å²) in [7, 11) is 6.10. The summed E-state index contributed by atoms with van der Waals surface area (Å²) in [5.41, 5.74) is 1.28. The average Bonchev–Trinajstić information content (AvgIpc) is 3.28. The van der Waals surface area contributed by atoms with Crippen molar-refractivity contribution in [3.05, 3.63) is 16.8 Å². The molecular weight excluding hydrogens is 398 g/mol. The highest BCUT2D eigenvalue weighted by Gasteiger charge is 2.32. The van der Waals surface area contributed by atoms with Gasteiger partial charge in [0, 0.05) is 37.0 Å². The molecule has 2 heterocycles. The third kappa shape index (κ3) is 4.31. The normalized spacial score (nSPS) is 23.7. The number of aryl methyl sites for hydroxylation is 1. The zero-order valence-corrected chi connectivity index (χ0v) is 19.0.